The molecule has 0 radical (unpaired) electrons. The van der Waals surface area contributed by atoms with Gasteiger partial charge >= 0.3 is 7.51 Å². The third-order valence-corrected chi connectivity index (χ3v) is 31.0. The third kappa shape index (κ3) is 13.6. The van der Waals surface area contributed by atoms with E-state index in [1.54, 1.807) is 0 Å². The number of rotatable bonds is 16. The van der Waals surface area contributed by atoms with Gasteiger partial charge < -0.3 is 0 Å². The highest BCUT2D eigenvalue weighted by Gasteiger charge is 2.43. The molecular formula is C37H97N16P5. The second kappa shape index (κ2) is 23.1. The minimum absolute atomic E-state index is 0.0504. The van der Waals surface area contributed by atoms with E-state index in [2.05, 4.69) is 248 Å². The maximum atomic E-state index is 5.88. The minimum atomic E-state index is -3.19. The first-order valence-corrected chi connectivity index (χ1v) is 29.0. The summed E-state index contributed by atoms with van der Waals surface area (Å²) in [4.78, 5) is 0. The summed E-state index contributed by atoms with van der Waals surface area (Å²) in [7, 11) is 28.0. The number of hydrogen-bond donors (Lipinski definition) is 0. The SMILES string of the molecule is CCCN(CC)P1(=NC(C)(C)C)C(C)CCCN1C.CN(C)P(=NP(=NC(C)(C)C)(N=P(N(C)C)(N(C)C)N(C)C)N=P(N(C)C)(N(C)C)N(C)C)(N(C)C)N(C)C. The van der Waals surface area contributed by atoms with Crippen LogP contribution in [0.1, 0.15) is 81.6 Å². The quantitative estimate of drug-likeness (QED) is 0.139. The zero-order chi connectivity index (χ0) is 46.2. The van der Waals surface area contributed by atoms with Crippen molar-refractivity contribution in [2.24, 2.45) is 23.0 Å². The summed E-state index contributed by atoms with van der Waals surface area (Å²) in [5.74, 6) is 0. The molecule has 1 rings (SSSR count). The first-order valence-electron chi connectivity index (χ1n) is 20.9. The van der Waals surface area contributed by atoms with Crippen LogP contribution in [0.3, 0.4) is 0 Å². The van der Waals surface area contributed by atoms with Gasteiger partial charge in [-0.15, -0.1) is 0 Å². The first kappa shape index (κ1) is 58.7. The minimum Gasteiger partial charge on any atom is -0.268 e. The molecule has 0 N–H and O–H groups in total. The lowest BCUT2D eigenvalue weighted by molar-refractivity contribution is 0.369. The summed E-state index contributed by atoms with van der Waals surface area (Å²) in [5.41, 5.74) is 0.318. The van der Waals surface area contributed by atoms with Crippen molar-refractivity contribution in [2.45, 2.75) is 98.3 Å². The molecule has 1 aliphatic heterocycles. The van der Waals surface area contributed by atoms with E-state index in [0.717, 1.165) is 6.54 Å². The van der Waals surface area contributed by atoms with Crippen molar-refractivity contribution < 1.29 is 0 Å². The lowest BCUT2D eigenvalue weighted by atomic mass is 10.1. The molecule has 2 atom stereocenters. The summed E-state index contributed by atoms with van der Waals surface area (Å²) in [6.45, 7) is 23.7. The molecule has 21 heteroatoms. The summed E-state index contributed by atoms with van der Waals surface area (Å²) in [6.07, 6.45) is 3.87. The maximum Gasteiger partial charge on any atom is 0.306 e. The van der Waals surface area contributed by atoms with Crippen molar-refractivity contribution in [2.75, 3.05) is 154 Å². The maximum absolute atomic E-state index is 5.88. The van der Waals surface area contributed by atoms with Crippen molar-refractivity contribution in [3.8, 4) is 0 Å². The lowest BCUT2D eigenvalue weighted by Gasteiger charge is -2.50. The van der Waals surface area contributed by atoms with Crippen LogP contribution in [0.2, 0.25) is 0 Å². The van der Waals surface area contributed by atoms with Gasteiger partial charge in [-0.1, -0.05) is 20.8 Å². The van der Waals surface area contributed by atoms with Gasteiger partial charge in [-0.05, 0) is 195 Å². The van der Waals surface area contributed by atoms with Crippen LogP contribution in [0.25, 0.3) is 0 Å². The Morgan fingerprint density at radius 3 is 1.07 bits per heavy atom. The van der Waals surface area contributed by atoms with E-state index < -0.39 is 42.9 Å². The highest BCUT2D eigenvalue weighted by Crippen LogP contribution is 2.78. The Kier molecular flexibility index (Phi) is 23.3. The van der Waals surface area contributed by atoms with Gasteiger partial charge in [-0.3, -0.25) is 56.1 Å². The molecule has 0 aromatic rings. The molecule has 0 amide bonds. The van der Waals surface area contributed by atoms with Crippen LogP contribution in [0.15, 0.2) is 23.0 Å². The van der Waals surface area contributed by atoms with E-state index in [4.69, 9.17) is 23.0 Å². The lowest BCUT2D eigenvalue weighted by Crippen LogP contribution is -2.40. The molecule has 2 unspecified atom stereocenters. The molecule has 1 heterocycles. The Balaban J connectivity index is 0.00000142. The summed E-state index contributed by atoms with van der Waals surface area (Å²) in [6, 6.07) is 0. The fraction of sp³-hybridized carbons (Fsp3) is 1.00. The van der Waals surface area contributed by atoms with Gasteiger partial charge in [0, 0.05) is 25.3 Å². The molecule has 58 heavy (non-hydrogen) atoms. The fourth-order valence-electron chi connectivity index (χ4n) is 8.16. The molecule has 0 aromatic carbocycles. The van der Waals surface area contributed by atoms with Crippen molar-refractivity contribution in [3.05, 3.63) is 0 Å². The van der Waals surface area contributed by atoms with Crippen molar-refractivity contribution in [1.29, 1.82) is 0 Å². The highest BCUT2D eigenvalue weighted by molar-refractivity contribution is 7.80. The van der Waals surface area contributed by atoms with E-state index >= 15 is 0 Å². The van der Waals surface area contributed by atoms with Gasteiger partial charge in [0.2, 0.25) is 0 Å². The van der Waals surface area contributed by atoms with Crippen LogP contribution in [-0.2, 0) is 0 Å². The summed E-state index contributed by atoms with van der Waals surface area (Å²) in [5, 5.41) is 0. The topological polar surface area (TPSA) is 97.4 Å². The van der Waals surface area contributed by atoms with Gasteiger partial charge in [-0.25, -0.2) is 4.74 Å². The molecule has 1 aliphatic rings. The predicted molar refractivity (Wildman–Crippen MR) is 268 cm³/mol. The fourth-order valence-corrected chi connectivity index (χ4v) is 31.8. The Bertz CT molecular complexity index is 1340. The second-order valence-corrected chi connectivity index (χ2v) is 36.5. The molecule has 0 saturated carbocycles. The molecule has 0 aromatic heterocycles. The van der Waals surface area contributed by atoms with Crippen LogP contribution in [-0.4, -0.2) is 222 Å². The van der Waals surface area contributed by atoms with Gasteiger partial charge in [0.1, 0.15) is 0 Å². The monoisotopic (exact) mass is 921 g/mol. The van der Waals surface area contributed by atoms with E-state index in [-0.39, 0.29) is 5.54 Å². The molecular weight excluding hydrogens is 823 g/mol. The van der Waals surface area contributed by atoms with Crippen LogP contribution in [0, 0.1) is 0 Å². The van der Waals surface area contributed by atoms with Crippen molar-refractivity contribution in [1.82, 2.24) is 51.4 Å². The average molecular weight is 921 g/mol. The molecule has 1 saturated heterocycles. The zero-order valence-corrected chi connectivity index (χ0v) is 47.7. The Morgan fingerprint density at radius 1 is 0.552 bits per heavy atom. The standard InChI is InChI=1S/C22H63N13P4.C15H34N3P/c1-22(2,3)23-36(24-37(27(4)5,28(6)7)29(8)9,25-38(30(10)11,31(12)13)32(14)15)26-39(33(16)17,34(18)19)35(20)21;1-8-12-18(9-2)19(16-15(4,5)6)14(3)11-10-13-17(19)7/h1-21H3;14H,8-13H2,1-7H3. The highest BCUT2D eigenvalue weighted by atomic mass is 31.3. The van der Waals surface area contributed by atoms with Crippen LogP contribution >= 0.6 is 37.4 Å². The summed E-state index contributed by atoms with van der Waals surface area (Å²) >= 11 is 0. The van der Waals surface area contributed by atoms with E-state index in [1.807, 2.05) is 0 Å². The van der Waals surface area contributed by atoms with Gasteiger partial charge in [0.15, 0.2) is 22.5 Å². The number of hydrogen-bond acceptors (Lipinski definition) is 2. The smallest absolute Gasteiger partial charge is 0.268 e. The molecule has 16 nitrogen and oxygen atoms in total. The van der Waals surface area contributed by atoms with E-state index in [9.17, 15) is 0 Å². The number of nitrogens with zero attached hydrogens (tertiary/aromatic N) is 16. The molecule has 0 aliphatic carbocycles. The van der Waals surface area contributed by atoms with Crippen molar-refractivity contribution in [3.63, 3.8) is 0 Å². The third-order valence-electron chi connectivity index (χ3n) is 9.89. The molecule has 0 bridgehead atoms. The molecule has 1 fully saturated rings. The van der Waals surface area contributed by atoms with Gasteiger partial charge in [0.25, 0.3) is 0 Å². The van der Waals surface area contributed by atoms with Crippen LogP contribution in [0.4, 0.5) is 0 Å². The van der Waals surface area contributed by atoms with Crippen LogP contribution < -0.4 is 0 Å². The van der Waals surface area contributed by atoms with E-state index in [1.165, 1.54) is 32.4 Å². The second-order valence-electron chi connectivity index (χ2n) is 19.1. The van der Waals surface area contributed by atoms with Crippen LogP contribution in [0.5, 0.6) is 0 Å². The first-order chi connectivity index (χ1) is 26.1. The Morgan fingerprint density at radius 2 is 0.862 bits per heavy atom. The summed E-state index contributed by atoms with van der Waals surface area (Å²) < 4.78 is 54.0. The molecule has 0 spiro atoms. The van der Waals surface area contributed by atoms with Gasteiger partial charge in [-0.2, -0.15) is 13.5 Å². The van der Waals surface area contributed by atoms with E-state index in [0.29, 0.717) is 5.66 Å². The zero-order valence-electron chi connectivity index (χ0n) is 43.2. The normalized spacial score (nSPS) is 19.7. The molecule has 350 valence electrons. The average Bonchev–Trinajstić information content (AvgIpc) is 3.03. The Labute approximate surface area is 362 Å². The van der Waals surface area contributed by atoms with Crippen molar-refractivity contribution >= 4 is 37.4 Å². The van der Waals surface area contributed by atoms with Gasteiger partial charge in [0.05, 0.1) is 18.4 Å². The predicted octanol–water partition coefficient (Wildman–Crippen LogP) is 10.3. The largest absolute Gasteiger partial charge is 0.306 e. The Hall–Kier alpha value is 0.710.